The average Bonchev–Trinajstić information content (AvgIpc) is 2.27. The summed E-state index contributed by atoms with van der Waals surface area (Å²) in [6.07, 6.45) is 2.60. The minimum Gasteiger partial charge on any atom is -0.315 e. The zero-order valence-corrected chi connectivity index (χ0v) is 12.2. The molecular formula is C13H35N. The molecule has 14 heavy (non-hydrogen) atoms. The maximum absolute atomic E-state index is 3.35. The Kier molecular flexibility index (Phi) is 64.6. The molecule has 0 spiro atoms. The Morgan fingerprint density at radius 1 is 0.857 bits per heavy atom. The molecule has 0 aliphatic carbocycles. The molecule has 1 nitrogen and oxygen atoms in total. The second-order valence-electron chi connectivity index (χ2n) is 2.46. The standard InChI is InChI=1S/C7H17N.3C2H6/c1-4-5-6-8-7(2)3;3*1-2/h7-8H,4-6H2,1-3H3;3*1-2H3. The van der Waals surface area contributed by atoms with Crippen LogP contribution in [0.3, 0.4) is 0 Å². The first-order valence-electron chi connectivity index (χ1n) is 6.50. The van der Waals surface area contributed by atoms with Gasteiger partial charge in [0.25, 0.3) is 0 Å². The Bertz CT molecular complexity index is 42.5. The van der Waals surface area contributed by atoms with Crippen LogP contribution in [0.5, 0.6) is 0 Å². The predicted molar refractivity (Wildman–Crippen MR) is 72.1 cm³/mol. The van der Waals surface area contributed by atoms with Crippen molar-refractivity contribution in [2.75, 3.05) is 6.54 Å². The van der Waals surface area contributed by atoms with Crippen LogP contribution in [0.4, 0.5) is 0 Å². The van der Waals surface area contributed by atoms with Crippen LogP contribution in [0, 0.1) is 0 Å². The van der Waals surface area contributed by atoms with Crippen LogP contribution in [0.25, 0.3) is 0 Å². The fourth-order valence-electron chi connectivity index (χ4n) is 0.568. The van der Waals surface area contributed by atoms with Crippen LogP contribution in [-0.2, 0) is 0 Å². The van der Waals surface area contributed by atoms with Gasteiger partial charge in [-0.25, -0.2) is 0 Å². The molecule has 1 N–H and O–H groups in total. The van der Waals surface area contributed by atoms with E-state index in [4.69, 9.17) is 0 Å². The van der Waals surface area contributed by atoms with E-state index in [1.165, 1.54) is 19.4 Å². The van der Waals surface area contributed by atoms with Gasteiger partial charge >= 0.3 is 0 Å². The van der Waals surface area contributed by atoms with E-state index < -0.39 is 0 Å². The van der Waals surface area contributed by atoms with Crippen molar-refractivity contribution >= 4 is 0 Å². The van der Waals surface area contributed by atoms with Crippen LogP contribution in [0.2, 0.25) is 0 Å². The predicted octanol–water partition coefficient (Wildman–Crippen LogP) is 4.86. The van der Waals surface area contributed by atoms with Gasteiger partial charge in [-0.3, -0.25) is 0 Å². The Morgan fingerprint density at radius 3 is 1.43 bits per heavy atom. The first-order chi connectivity index (χ1) is 6.77. The number of unbranched alkanes of at least 4 members (excludes halogenated alkanes) is 1. The fraction of sp³-hybridized carbons (Fsp3) is 1.00. The maximum atomic E-state index is 3.35. The minimum atomic E-state index is 0.654. The molecule has 0 aliphatic heterocycles. The highest BCUT2D eigenvalue weighted by molar-refractivity contribution is 4.50. The van der Waals surface area contributed by atoms with Gasteiger partial charge in [-0.2, -0.15) is 0 Å². The van der Waals surface area contributed by atoms with E-state index in [1.807, 2.05) is 41.5 Å². The molecule has 0 bridgehead atoms. The second kappa shape index (κ2) is 38.3. The van der Waals surface area contributed by atoms with E-state index in [0.29, 0.717) is 6.04 Å². The molecule has 0 amide bonds. The third kappa shape index (κ3) is 58.4. The largest absolute Gasteiger partial charge is 0.315 e. The maximum Gasteiger partial charge on any atom is 0.00103 e. The summed E-state index contributed by atoms with van der Waals surface area (Å²) in [4.78, 5) is 0. The van der Waals surface area contributed by atoms with Crippen molar-refractivity contribution < 1.29 is 0 Å². The molecule has 0 saturated heterocycles. The van der Waals surface area contributed by atoms with E-state index in [-0.39, 0.29) is 0 Å². The highest BCUT2D eigenvalue weighted by Gasteiger charge is 1.87. The van der Waals surface area contributed by atoms with Crippen molar-refractivity contribution in [2.24, 2.45) is 0 Å². The van der Waals surface area contributed by atoms with E-state index in [1.54, 1.807) is 0 Å². The van der Waals surface area contributed by atoms with Crippen molar-refractivity contribution in [1.29, 1.82) is 0 Å². The highest BCUT2D eigenvalue weighted by atomic mass is 14.9. The monoisotopic (exact) mass is 205 g/mol. The fourth-order valence-corrected chi connectivity index (χ4v) is 0.568. The molecule has 0 radical (unpaired) electrons. The van der Waals surface area contributed by atoms with Gasteiger partial charge in [0.2, 0.25) is 0 Å². The van der Waals surface area contributed by atoms with Gasteiger partial charge < -0.3 is 5.32 Å². The number of hydrogen-bond acceptors (Lipinski definition) is 1. The summed E-state index contributed by atoms with van der Waals surface area (Å²) in [5.74, 6) is 0. The lowest BCUT2D eigenvalue weighted by Crippen LogP contribution is -2.23. The minimum absolute atomic E-state index is 0.654. The molecule has 0 unspecified atom stereocenters. The average molecular weight is 205 g/mol. The van der Waals surface area contributed by atoms with E-state index in [2.05, 4.69) is 26.1 Å². The lowest BCUT2D eigenvalue weighted by atomic mass is 10.3. The third-order valence-electron chi connectivity index (χ3n) is 1.08. The van der Waals surface area contributed by atoms with Gasteiger partial charge in [0, 0.05) is 6.04 Å². The highest BCUT2D eigenvalue weighted by Crippen LogP contribution is 1.83. The summed E-state index contributed by atoms with van der Waals surface area (Å²) >= 11 is 0. The second-order valence-corrected chi connectivity index (χ2v) is 2.46. The Balaban J connectivity index is -0.0000000708. The Morgan fingerprint density at radius 2 is 1.21 bits per heavy atom. The first kappa shape index (κ1) is 23.6. The van der Waals surface area contributed by atoms with Gasteiger partial charge in [-0.1, -0.05) is 68.7 Å². The van der Waals surface area contributed by atoms with E-state index >= 15 is 0 Å². The molecular weight excluding hydrogens is 170 g/mol. The summed E-state index contributed by atoms with van der Waals surface area (Å²) in [6.45, 7) is 19.7. The molecule has 0 aromatic heterocycles. The summed E-state index contributed by atoms with van der Waals surface area (Å²) in [5, 5.41) is 3.35. The van der Waals surface area contributed by atoms with Crippen LogP contribution >= 0.6 is 0 Å². The quantitative estimate of drug-likeness (QED) is 0.646. The number of rotatable bonds is 4. The molecule has 0 heterocycles. The Labute approximate surface area is 93.7 Å². The Hall–Kier alpha value is -0.0400. The van der Waals surface area contributed by atoms with Crippen LogP contribution < -0.4 is 5.32 Å². The SMILES string of the molecule is CC.CC.CC.CCCCNC(C)C. The summed E-state index contributed by atoms with van der Waals surface area (Å²) < 4.78 is 0. The normalized spacial score (nSPS) is 7.29. The van der Waals surface area contributed by atoms with Gasteiger partial charge in [-0.15, -0.1) is 0 Å². The van der Waals surface area contributed by atoms with Crippen molar-refractivity contribution in [3.8, 4) is 0 Å². The smallest absolute Gasteiger partial charge is 0.00103 e. The van der Waals surface area contributed by atoms with Crippen LogP contribution in [0.15, 0.2) is 0 Å². The zero-order chi connectivity index (χ0) is 12.4. The van der Waals surface area contributed by atoms with Crippen molar-refractivity contribution in [2.45, 2.75) is 81.2 Å². The van der Waals surface area contributed by atoms with Gasteiger partial charge in [0.1, 0.15) is 0 Å². The summed E-state index contributed by atoms with van der Waals surface area (Å²) in [7, 11) is 0. The molecule has 0 aromatic rings. The molecule has 0 atom stereocenters. The van der Waals surface area contributed by atoms with Crippen molar-refractivity contribution in [3.05, 3.63) is 0 Å². The number of nitrogens with one attached hydrogen (secondary N) is 1. The van der Waals surface area contributed by atoms with Crippen molar-refractivity contribution in [3.63, 3.8) is 0 Å². The summed E-state index contributed by atoms with van der Waals surface area (Å²) in [6, 6.07) is 0.654. The number of hydrogen-bond donors (Lipinski definition) is 1. The molecule has 0 saturated carbocycles. The van der Waals surface area contributed by atoms with Crippen LogP contribution in [-0.4, -0.2) is 12.6 Å². The summed E-state index contributed by atoms with van der Waals surface area (Å²) in [5.41, 5.74) is 0. The van der Waals surface area contributed by atoms with Crippen LogP contribution in [0.1, 0.15) is 75.2 Å². The molecule has 0 rings (SSSR count). The molecule has 1 heteroatoms. The third-order valence-corrected chi connectivity index (χ3v) is 1.08. The molecule has 0 aromatic carbocycles. The molecule has 0 fully saturated rings. The topological polar surface area (TPSA) is 12.0 Å². The first-order valence-corrected chi connectivity index (χ1v) is 6.50. The lowest BCUT2D eigenvalue weighted by Gasteiger charge is -2.05. The van der Waals surface area contributed by atoms with Gasteiger partial charge in [0.15, 0.2) is 0 Å². The van der Waals surface area contributed by atoms with E-state index in [9.17, 15) is 0 Å². The molecule has 92 valence electrons. The van der Waals surface area contributed by atoms with E-state index in [0.717, 1.165) is 0 Å². The van der Waals surface area contributed by atoms with Gasteiger partial charge in [0.05, 0.1) is 0 Å². The lowest BCUT2D eigenvalue weighted by molar-refractivity contribution is 0.566. The van der Waals surface area contributed by atoms with Crippen molar-refractivity contribution in [1.82, 2.24) is 5.32 Å². The molecule has 0 aliphatic rings. The van der Waals surface area contributed by atoms with Gasteiger partial charge in [-0.05, 0) is 13.0 Å². The zero-order valence-electron chi connectivity index (χ0n) is 12.2.